The molecular weight excluding hydrogens is 321 g/mol. The van der Waals surface area contributed by atoms with E-state index in [0.717, 1.165) is 29.8 Å². The van der Waals surface area contributed by atoms with Crippen LogP contribution in [0.3, 0.4) is 0 Å². The third kappa shape index (κ3) is 2.85. The third-order valence-corrected chi connectivity index (χ3v) is 4.74. The first kappa shape index (κ1) is 16.7. The number of halogens is 3. The highest BCUT2D eigenvalue weighted by Crippen LogP contribution is 2.36. The summed E-state index contributed by atoms with van der Waals surface area (Å²) in [5.74, 6) is -0.0910. The lowest BCUT2D eigenvalue weighted by molar-refractivity contribution is -0.141. The van der Waals surface area contributed by atoms with Gasteiger partial charge in [0.1, 0.15) is 0 Å². The number of hydrogen-bond acceptors (Lipinski definition) is 3. The molecule has 3 rings (SSSR count). The summed E-state index contributed by atoms with van der Waals surface area (Å²) in [7, 11) is 0. The zero-order valence-electron chi connectivity index (χ0n) is 13.7. The van der Waals surface area contributed by atoms with Gasteiger partial charge < -0.3 is 5.32 Å². The average Bonchev–Trinajstić information content (AvgIpc) is 2.78. The molecule has 0 spiro atoms. The number of hydrogen-bond donors (Lipinski definition) is 1. The van der Waals surface area contributed by atoms with Gasteiger partial charge in [0.05, 0.1) is 6.20 Å². The minimum atomic E-state index is -4.58. The second-order valence-electron chi connectivity index (χ2n) is 6.89. The van der Waals surface area contributed by atoms with Gasteiger partial charge in [0.15, 0.2) is 17.0 Å². The number of aromatic nitrogens is 3. The number of nitrogens with zero attached hydrogens (tertiary/aromatic N) is 3. The third-order valence-electron chi connectivity index (χ3n) is 4.74. The van der Waals surface area contributed by atoms with E-state index in [1.54, 1.807) is 0 Å². The maximum Gasteiger partial charge on any atom is 0.435 e. The number of carbonyl (C=O) groups excluding carboxylic acids is 1. The molecule has 2 aromatic rings. The molecule has 1 saturated carbocycles. The average molecular weight is 340 g/mol. The van der Waals surface area contributed by atoms with Gasteiger partial charge in [-0.25, -0.2) is 9.50 Å². The smallest absolute Gasteiger partial charge is 0.345 e. The largest absolute Gasteiger partial charge is 0.435 e. The molecule has 0 saturated heterocycles. The molecule has 0 bridgehead atoms. The topological polar surface area (TPSA) is 59.3 Å². The van der Waals surface area contributed by atoms with Crippen LogP contribution in [0.25, 0.3) is 5.65 Å². The molecule has 8 heteroatoms. The normalized spacial score (nSPS) is 16.2. The fraction of sp³-hybridized carbons (Fsp3) is 0.562. The van der Waals surface area contributed by atoms with Crippen molar-refractivity contribution in [3.8, 4) is 0 Å². The zero-order chi connectivity index (χ0) is 17.7. The van der Waals surface area contributed by atoms with Crippen LogP contribution in [0.2, 0.25) is 0 Å². The van der Waals surface area contributed by atoms with Crippen molar-refractivity contribution in [2.75, 3.05) is 0 Å². The minimum absolute atomic E-state index is 0.00611. The summed E-state index contributed by atoms with van der Waals surface area (Å²) in [5, 5.41) is 6.48. The number of rotatable bonds is 3. The van der Waals surface area contributed by atoms with Gasteiger partial charge in [0, 0.05) is 5.54 Å². The van der Waals surface area contributed by atoms with Crippen molar-refractivity contribution in [3.05, 3.63) is 29.2 Å². The molecule has 130 valence electrons. The van der Waals surface area contributed by atoms with Crippen LogP contribution in [-0.4, -0.2) is 26.0 Å². The van der Waals surface area contributed by atoms with E-state index in [4.69, 9.17) is 0 Å². The van der Waals surface area contributed by atoms with Gasteiger partial charge in [-0.05, 0) is 51.2 Å². The molecule has 1 N–H and O–H groups in total. The van der Waals surface area contributed by atoms with Crippen molar-refractivity contribution < 1.29 is 18.0 Å². The van der Waals surface area contributed by atoms with E-state index < -0.39 is 23.3 Å². The SMILES string of the molecule is Cc1cc(C(F)(F)F)nn2c(C(=O)NC(C)(C)C3CCC3)cnc12. The molecule has 1 amide bonds. The lowest BCUT2D eigenvalue weighted by atomic mass is 9.72. The van der Waals surface area contributed by atoms with E-state index in [0.29, 0.717) is 11.5 Å². The lowest BCUT2D eigenvalue weighted by Crippen LogP contribution is -2.51. The Labute approximate surface area is 137 Å². The highest BCUT2D eigenvalue weighted by molar-refractivity contribution is 5.93. The van der Waals surface area contributed by atoms with E-state index in [1.807, 2.05) is 13.8 Å². The van der Waals surface area contributed by atoms with Gasteiger partial charge >= 0.3 is 6.18 Å². The summed E-state index contributed by atoms with van der Waals surface area (Å²) < 4.78 is 39.9. The Morgan fingerprint density at radius 2 is 2.00 bits per heavy atom. The van der Waals surface area contributed by atoms with Crippen LogP contribution in [0, 0.1) is 12.8 Å². The molecule has 2 heterocycles. The van der Waals surface area contributed by atoms with Crippen molar-refractivity contribution in [2.45, 2.75) is 51.7 Å². The number of aryl methyl sites for hydroxylation is 1. The molecule has 0 unspecified atom stereocenters. The second-order valence-corrected chi connectivity index (χ2v) is 6.89. The van der Waals surface area contributed by atoms with Gasteiger partial charge in [-0.1, -0.05) is 6.42 Å². The molecule has 1 aliphatic rings. The standard InChI is InChI=1S/C16H19F3N4O/c1-9-7-12(16(17,18)19)22-23-11(8-20-13(9)23)14(24)21-15(2,3)10-5-4-6-10/h7-8,10H,4-6H2,1-3H3,(H,21,24). The fourth-order valence-electron chi connectivity index (χ4n) is 3.00. The highest BCUT2D eigenvalue weighted by Gasteiger charge is 2.37. The molecule has 0 radical (unpaired) electrons. The summed E-state index contributed by atoms with van der Waals surface area (Å²) in [5.41, 5.74) is -0.899. The van der Waals surface area contributed by atoms with Gasteiger partial charge in [0.2, 0.25) is 0 Å². The molecule has 0 aromatic carbocycles. The Balaban J connectivity index is 1.97. The quantitative estimate of drug-likeness (QED) is 0.932. The van der Waals surface area contributed by atoms with E-state index in [9.17, 15) is 18.0 Å². The number of amides is 1. The minimum Gasteiger partial charge on any atom is -0.345 e. The summed E-state index contributed by atoms with van der Waals surface area (Å²) in [4.78, 5) is 16.6. The predicted molar refractivity (Wildman–Crippen MR) is 81.6 cm³/mol. The van der Waals surface area contributed by atoms with Crippen LogP contribution < -0.4 is 5.32 Å². The summed E-state index contributed by atoms with van der Waals surface area (Å²) in [6.45, 7) is 5.37. The summed E-state index contributed by atoms with van der Waals surface area (Å²) in [6.07, 6.45) is -0.106. The number of imidazole rings is 1. The second kappa shape index (κ2) is 5.46. The number of carbonyl (C=O) groups is 1. The van der Waals surface area contributed by atoms with Crippen molar-refractivity contribution in [1.82, 2.24) is 19.9 Å². The summed E-state index contributed by atoms with van der Waals surface area (Å²) in [6, 6.07) is 0.933. The van der Waals surface area contributed by atoms with Crippen LogP contribution in [0.4, 0.5) is 13.2 Å². The Morgan fingerprint density at radius 3 is 2.54 bits per heavy atom. The van der Waals surface area contributed by atoms with Gasteiger partial charge in [-0.3, -0.25) is 4.79 Å². The van der Waals surface area contributed by atoms with Gasteiger partial charge in [-0.2, -0.15) is 18.3 Å². The van der Waals surface area contributed by atoms with Crippen LogP contribution in [0.5, 0.6) is 0 Å². The van der Waals surface area contributed by atoms with Crippen molar-refractivity contribution in [3.63, 3.8) is 0 Å². The molecular formula is C16H19F3N4O. The number of fused-ring (bicyclic) bond motifs is 1. The Morgan fingerprint density at radius 1 is 1.33 bits per heavy atom. The molecule has 1 fully saturated rings. The first-order chi connectivity index (χ1) is 11.1. The maximum absolute atomic E-state index is 13.0. The fourth-order valence-corrected chi connectivity index (χ4v) is 3.00. The number of nitrogens with one attached hydrogen (secondary N) is 1. The number of alkyl halides is 3. The predicted octanol–water partition coefficient (Wildman–Crippen LogP) is 3.37. The first-order valence-corrected chi connectivity index (χ1v) is 7.84. The van der Waals surface area contributed by atoms with E-state index in [2.05, 4.69) is 15.4 Å². The zero-order valence-corrected chi connectivity index (χ0v) is 13.7. The first-order valence-electron chi connectivity index (χ1n) is 7.84. The van der Waals surface area contributed by atoms with Crippen LogP contribution >= 0.6 is 0 Å². The van der Waals surface area contributed by atoms with Crippen molar-refractivity contribution >= 4 is 11.6 Å². The maximum atomic E-state index is 13.0. The van der Waals surface area contributed by atoms with Crippen LogP contribution in [0.15, 0.2) is 12.3 Å². The molecule has 24 heavy (non-hydrogen) atoms. The van der Waals surface area contributed by atoms with E-state index in [-0.39, 0.29) is 11.3 Å². The monoisotopic (exact) mass is 340 g/mol. The van der Waals surface area contributed by atoms with Crippen LogP contribution in [-0.2, 0) is 6.18 Å². The molecule has 1 aliphatic carbocycles. The Bertz CT molecular complexity index is 790. The molecule has 0 aliphatic heterocycles. The van der Waals surface area contributed by atoms with E-state index >= 15 is 0 Å². The van der Waals surface area contributed by atoms with Gasteiger partial charge in [0.25, 0.3) is 5.91 Å². The Hall–Kier alpha value is -2.12. The van der Waals surface area contributed by atoms with Crippen LogP contribution in [0.1, 0.15) is 54.9 Å². The molecule has 2 aromatic heterocycles. The van der Waals surface area contributed by atoms with E-state index in [1.165, 1.54) is 13.1 Å². The highest BCUT2D eigenvalue weighted by atomic mass is 19.4. The van der Waals surface area contributed by atoms with Crippen molar-refractivity contribution in [1.29, 1.82) is 0 Å². The van der Waals surface area contributed by atoms with Crippen molar-refractivity contribution in [2.24, 2.45) is 5.92 Å². The molecule has 0 atom stereocenters. The lowest BCUT2D eigenvalue weighted by Gasteiger charge is -2.40. The summed E-state index contributed by atoms with van der Waals surface area (Å²) >= 11 is 0. The Kier molecular flexibility index (Phi) is 3.80. The van der Waals surface area contributed by atoms with Gasteiger partial charge in [-0.15, -0.1) is 0 Å². The molecule has 5 nitrogen and oxygen atoms in total.